The van der Waals surface area contributed by atoms with Crippen molar-refractivity contribution in [2.24, 2.45) is 5.92 Å². The highest BCUT2D eigenvalue weighted by Crippen LogP contribution is 2.28. The molecule has 1 fully saturated rings. The van der Waals surface area contributed by atoms with Gasteiger partial charge in [0.25, 0.3) is 0 Å². The molecule has 0 aromatic heterocycles. The summed E-state index contributed by atoms with van der Waals surface area (Å²) >= 11 is 0. The minimum Gasteiger partial charge on any atom is -0.371 e. The molecule has 1 saturated carbocycles. The van der Waals surface area contributed by atoms with E-state index in [2.05, 4.69) is 0 Å². The Morgan fingerprint density at radius 1 is 1.19 bits per heavy atom. The number of carbonyl (C=O) groups is 2. The number of likely N-dealkylation sites (N-methyl/N-ethyl adjacent to an activating group) is 2. The van der Waals surface area contributed by atoms with Crippen LogP contribution in [0.25, 0.3) is 0 Å². The third kappa shape index (κ3) is 4.61. The number of rotatable bonds is 6. The Morgan fingerprint density at radius 2 is 1.81 bits per heavy atom. The van der Waals surface area contributed by atoms with Gasteiger partial charge in [0.05, 0.1) is 13.2 Å². The first-order valence-electron chi connectivity index (χ1n) is 5.52. The molecule has 1 aliphatic rings. The van der Waals surface area contributed by atoms with Gasteiger partial charge in [0.1, 0.15) is 6.61 Å². The summed E-state index contributed by atoms with van der Waals surface area (Å²) in [4.78, 5) is 25.7. The highest BCUT2D eigenvalue weighted by atomic mass is 16.5. The second-order valence-electron chi connectivity index (χ2n) is 4.50. The standard InChI is InChI=1S/C11H20N2O3/c1-12(2)10(14)6-13(3)11(15)8-16-7-9-4-5-9/h9H,4-8H2,1-3H3. The highest BCUT2D eigenvalue weighted by Gasteiger charge is 2.22. The zero-order valence-electron chi connectivity index (χ0n) is 10.2. The number of amides is 2. The molecule has 0 radical (unpaired) electrons. The molecule has 0 aliphatic heterocycles. The van der Waals surface area contributed by atoms with Gasteiger partial charge >= 0.3 is 0 Å². The van der Waals surface area contributed by atoms with Crippen LogP contribution >= 0.6 is 0 Å². The lowest BCUT2D eigenvalue weighted by Gasteiger charge is -2.19. The Hall–Kier alpha value is -1.10. The van der Waals surface area contributed by atoms with E-state index in [1.807, 2.05) is 0 Å². The molecule has 2 amide bonds. The molecular formula is C11H20N2O3. The van der Waals surface area contributed by atoms with Crippen molar-refractivity contribution in [3.05, 3.63) is 0 Å². The average Bonchev–Trinajstić information content (AvgIpc) is 3.01. The van der Waals surface area contributed by atoms with Gasteiger partial charge in [-0.05, 0) is 18.8 Å². The van der Waals surface area contributed by atoms with E-state index in [4.69, 9.17) is 4.74 Å². The summed E-state index contributed by atoms with van der Waals surface area (Å²) < 4.78 is 5.27. The third-order valence-corrected chi connectivity index (χ3v) is 2.57. The second kappa shape index (κ2) is 5.84. The van der Waals surface area contributed by atoms with Gasteiger partial charge in [0.15, 0.2) is 0 Å². The van der Waals surface area contributed by atoms with Gasteiger partial charge in [-0.2, -0.15) is 0 Å². The predicted molar refractivity (Wildman–Crippen MR) is 59.9 cm³/mol. The summed E-state index contributed by atoms with van der Waals surface area (Å²) in [6, 6.07) is 0. The van der Waals surface area contributed by atoms with Crippen LogP contribution in [-0.4, -0.2) is 62.5 Å². The maximum absolute atomic E-state index is 11.5. The highest BCUT2D eigenvalue weighted by molar-refractivity contribution is 5.84. The zero-order valence-corrected chi connectivity index (χ0v) is 10.2. The molecule has 5 nitrogen and oxygen atoms in total. The largest absolute Gasteiger partial charge is 0.371 e. The SMILES string of the molecule is CN(C)C(=O)CN(C)C(=O)COCC1CC1. The van der Waals surface area contributed by atoms with Crippen molar-refractivity contribution in [3.63, 3.8) is 0 Å². The van der Waals surface area contributed by atoms with Crippen LogP contribution in [0, 0.1) is 5.92 Å². The molecule has 16 heavy (non-hydrogen) atoms. The molecular weight excluding hydrogens is 208 g/mol. The monoisotopic (exact) mass is 228 g/mol. The van der Waals surface area contributed by atoms with E-state index in [0.717, 1.165) is 0 Å². The van der Waals surface area contributed by atoms with E-state index in [0.29, 0.717) is 12.5 Å². The van der Waals surface area contributed by atoms with Gasteiger partial charge in [0.2, 0.25) is 11.8 Å². The maximum atomic E-state index is 11.5. The molecule has 0 atom stereocenters. The molecule has 0 spiro atoms. The number of hydrogen-bond donors (Lipinski definition) is 0. The molecule has 0 saturated heterocycles. The number of nitrogens with zero attached hydrogens (tertiary/aromatic N) is 2. The van der Waals surface area contributed by atoms with E-state index in [1.165, 1.54) is 22.6 Å². The van der Waals surface area contributed by atoms with E-state index in [9.17, 15) is 9.59 Å². The van der Waals surface area contributed by atoms with Gasteiger partial charge in [-0.1, -0.05) is 0 Å². The van der Waals surface area contributed by atoms with Crippen LogP contribution in [0.4, 0.5) is 0 Å². The van der Waals surface area contributed by atoms with Gasteiger partial charge in [0, 0.05) is 21.1 Å². The minimum atomic E-state index is -0.143. The van der Waals surface area contributed by atoms with Gasteiger partial charge < -0.3 is 14.5 Å². The molecule has 0 heterocycles. The smallest absolute Gasteiger partial charge is 0.248 e. The topological polar surface area (TPSA) is 49.9 Å². The number of ether oxygens (including phenoxy) is 1. The van der Waals surface area contributed by atoms with E-state index >= 15 is 0 Å². The Morgan fingerprint density at radius 3 is 2.31 bits per heavy atom. The second-order valence-corrected chi connectivity index (χ2v) is 4.50. The lowest BCUT2D eigenvalue weighted by atomic mass is 10.4. The third-order valence-electron chi connectivity index (χ3n) is 2.57. The van der Waals surface area contributed by atoms with Crippen molar-refractivity contribution < 1.29 is 14.3 Å². The first-order chi connectivity index (χ1) is 7.50. The molecule has 92 valence electrons. The van der Waals surface area contributed by atoms with Crippen LogP contribution in [-0.2, 0) is 14.3 Å². The predicted octanol–water partition coefficient (Wildman–Crippen LogP) is -0.0404. The van der Waals surface area contributed by atoms with E-state index < -0.39 is 0 Å². The van der Waals surface area contributed by atoms with Crippen molar-refractivity contribution >= 4 is 11.8 Å². The van der Waals surface area contributed by atoms with E-state index in [-0.39, 0.29) is 25.0 Å². The molecule has 0 aromatic rings. The fourth-order valence-electron chi connectivity index (χ4n) is 1.14. The fraction of sp³-hybridized carbons (Fsp3) is 0.818. The van der Waals surface area contributed by atoms with Crippen LogP contribution in [0.1, 0.15) is 12.8 Å². The molecule has 0 aromatic carbocycles. The van der Waals surface area contributed by atoms with Gasteiger partial charge in [-0.15, -0.1) is 0 Å². The number of carbonyl (C=O) groups excluding carboxylic acids is 2. The van der Waals surface area contributed by atoms with Crippen molar-refractivity contribution in [2.75, 3.05) is 40.9 Å². The summed E-state index contributed by atoms with van der Waals surface area (Å²) in [5, 5.41) is 0. The lowest BCUT2D eigenvalue weighted by molar-refractivity contribution is -0.141. The zero-order chi connectivity index (χ0) is 12.1. The summed E-state index contributed by atoms with van der Waals surface area (Å²) in [7, 11) is 4.96. The molecule has 1 rings (SSSR count). The van der Waals surface area contributed by atoms with Crippen LogP contribution in [0.5, 0.6) is 0 Å². The van der Waals surface area contributed by atoms with Crippen LogP contribution < -0.4 is 0 Å². The lowest BCUT2D eigenvalue weighted by Crippen LogP contribution is -2.39. The minimum absolute atomic E-state index is 0.0771. The molecule has 0 N–H and O–H groups in total. The normalized spacial score (nSPS) is 14.7. The molecule has 1 aliphatic carbocycles. The van der Waals surface area contributed by atoms with Crippen LogP contribution in [0.3, 0.4) is 0 Å². The summed E-state index contributed by atoms with van der Waals surface area (Å²) in [5.74, 6) is 0.426. The molecule has 5 heteroatoms. The average molecular weight is 228 g/mol. The Balaban J connectivity index is 2.15. The Bertz CT molecular complexity index is 262. The first kappa shape index (κ1) is 13.0. The van der Waals surface area contributed by atoms with Gasteiger partial charge in [-0.25, -0.2) is 0 Å². The Labute approximate surface area is 96.3 Å². The summed E-state index contributed by atoms with van der Waals surface area (Å²) in [6.45, 7) is 0.855. The van der Waals surface area contributed by atoms with Gasteiger partial charge in [-0.3, -0.25) is 9.59 Å². The van der Waals surface area contributed by atoms with Crippen LogP contribution in [0.15, 0.2) is 0 Å². The molecule has 0 unspecified atom stereocenters. The van der Waals surface area contributed by atoms with Crippen molar-refractivity contribution in [1.29, 1.82) is 0 Å². The number of hydrogen-bond acceptors (Lipinski definition) is 3. The Kier molecular flexibility index (Phi) is 4.73. The summed E-state index contributed by atoms with van der Waals surface area (Å²) in [6.07, 6.45) is 2.42. The van der Waals surface area contributed by atoms with Crippen molar-refractivity contribution in [2.45, 2.75) is 12.8 Å². The molecule has 0 bridgehead atoms. The first-order valence-corrected chi connectivity index (χ1v) is 5.52. The maximum Gasteiger partial charge on any atom is 0.248 e. The van der Waals surface area contributed by atoms with Crippen LogP contribution in [0.2, 0.25) is 0 Å². The fourth-order valence-corrected chi connectivity index (χ4v) is 1.14. The van der Waals surface area contributed by atoms with Crippen molar-refractivity contribution in [3.8, 4) is 0 Å². The quantitative estimate of drug-likeness (QED) is 0.641. The summed E-state index contributed by atoms with van der Waals surface area (Å²) in [5.41, 5.74) is 0. The van der Waals surface area contributed by atoms with Crippen molar-refractivity contribution in [1.82, 2.24) is 9.80 Å². The van der Waals surface area contributed by atoms with E-state index in [1.54, 1.807) is 21.1 Å².